The Morgan fingerprint density at radius 3 is 2.50 bits per heavy atom. The van der Waals surface area contributed by atoms with Gasteiger partial charge in [-0.05, 0) is 18.8 Å². The second-order valence-electron chi connectivity index (χ2n) is 5.43. The summed E-state index contributed by atoms with van der Waals surface area (Å²) in [6.07, 6.45) is 5.22. The van der Waals surface area contributed by atoms with E-state index >= 15 is 0 Å². The highest BCUT2D eigenvalue weighted by atomic mass is 16.5. The number of nitrogens with two attached hydrogens (primary N) is 1. The van der Waals surface area contributed by atoms with E-state index in [4.69, 9.17) is 15.2 Å². The maximum Gasteiger partial charge on any atom is 0.201 e. The third kappa shape index (κ3) is 2.17. The molecular formula is C15H21N3O2. The van der Waals surface area contributed by atoms with Crippen LogP contribution >= 0.6 is 0 Å². The molecule has 2 aromatic rings. The van der Waals surface area contributed by atoms with Gasteiger partial charge in [-0.15, -0.1) is 0 Å². The quantitative estimate of drug-likeness (QED) is 0.932. The smallest absolute Gasteiger partial charge is 0.201 e. The van der Waals surface area contributed by atoms with Crippen molar-refractivity contribution in [1.29, 1.82) is 0 Å². The summed E-state index contributed by atoms with van der Waals surface area (Å²) in [5.41, 5.74) is 7.96. The van der Waals surface area contributed by atoms with E-state index in [1.165, 1.54) is 25.7 Å². The summed E-state index contributed by atoms with van der Waals surface area (Å²) in [5, 5.41) is 0. The van der Waals surface area contributed by atoms with Crippen LogP contribution in [0.4, 0.5) is 5.95 Å². The first-order valence-corrected chi connectivity index (χ1v) is 7.10. The number of nitrogen functional groups attached to an aromatic ring is 1. The highest BCUT2D eigenvalue weighted by molar-refractivity contribution is 5.82. The Bertz CT molecular complexity index is 615. The van der Waals surface area contributed by atoms with Crippen LogP contribution in [0.2, 0.25) is 0 Å². The summed E-state index contributed by atoms with van der Waals surface area (Å²) in [4.78, 5) is 4.44. The fraction of sp³-hybridized carbons (Fsp3) is 0.533. The molecule has 0 aliphatic heterocycles. The minimum absolute atomic E-state index is 0.571. The first kappa shape index (κ1) is 13.1. The van der Waals surface area contributed by atoms with Gasteiger partial charge in [-0.3, -0.25) is 0 Å². The van der Waals surface area contributed by atoms with E-state index in [1.807, 2.05) is 12.1 Å². The molecule has 0 bridgehead atoms. The molecule has 20 heavy (non-hydrogen) atoms. The summed E-state index contributed by atoms with van der Waals surface area (Å²) in [6.45, 7) is 0.942. The normalized spacial score (nSPS) is 15.9. The lowest BCUT2D eigenvalue weighted by Crippen LogP contribution is -2.10. The van der Waals surface area contributed by atoms with E-state index in [0.29, 0.717) is 23.4 Å². The minimum atomic E-state index is 0.571. The van der Waals surface area contributed by atoms with Crippen LogP contribution in [0, 0.1) is 5.92 Å². The van der Waals surface area contributed by atoms with E-state index in [1.54, 1.807) is 14.2 Å². The molecule has 2 N–H and O–H groups in total. The van der Waals surface area contributed by atoms with Gasteiger partial charge in [0.15, 0.2) is 11.5 Å². The summed E-state index contributed by atoms with van der Waals surface area (Å²) in [6, 6.07) is 3.85. The van der Waals surface area contributed by atoms with Crippen LogP contribution in [0.25, 0.3) is 11.0 Å². The number of imidazole rings is 1. The molecule has 108 valence electrons. The van der Waals surface area contributed by atoms with E-state index in [2.05, 4.69) is 9.55 Å². The van der Waals surface area contributed by atoms with Crippen molar-refractivity contribution in [3.05, 3.63) is 12.1 Å². The Kier molecular flexibility index (Phi) is 3.42. The maximum atomic E-state index is 6.08. The van der Waals surface area contributed by atoms with Gasteiger partial charge in [-0.1, -0.05) is 12.8 Å². The van der Waals surface area contributed by atoms with Gasteiger partial charge in [0.1, 0.15) is 0 Å². The lowest BCUT2D eigenvalue weighted by atomic mass is 10.1. The highest BCUT2D eigenvalue weighted by Gasteiger charge is 2.19. The van der Waals surface area contributed by atoms with Gasteiger partial charge in [0.05, 0.1) is 25.3 Å². The van der Waals surface area contributed by atoms with Gasteiger partial charge in [-0.25, -0.2) is 4.98 Å². The number of aromatic nitrogens is 2. The van der Waals surface area contributed by atoms with Crippen molar-refractivity contribution in [3.8, 4) is 11.5 Å². The Labute approximate surface area is 118 Å². The van der Waals surface area contributed by atoms with Crippen LogP contribution in [-0.4, -0.2) is 23.8 Å². The molecule has 1 aromatic carbocycles. The zero-order valence-electron chi connectivity index (χ0n) is 12.1. The minimum Gasteiger partial charge on any atom is -0.493 e. The highest BCUT2D eigenvalue weighted by Crippen LogP contribution is 2.34. The van der Waals surface area contributed by atoms with Crippen LogP contribution in [0.15, 0.2) is 12.1 Å². The van der Waals surface area contributed by atoms with Crippen molar-refractivity contribution in [1.82, 2.24) is 9.55 Å². The van der Waals surface area contributed by atoms with Crippen LogP contribution in [-0.2, 0) is 6.54 Å². The molecule has 1 aromatic heterocycles. The van der Waals surface area contributed by atoms with Gasteiger partial charge in [0.2, 0.25) is 5.95 Å². The van der Waals surface area contributed by atoms with E-state index in [9.17, 15) is 0 Å². The molecule has 0 radical (unpaired) electrons. The fourth-order valence-corrected chi connectivity index (χ4v) is 3.11. The zero-order valence-corrected chi connectivity index (χ0v) is 12.1. The van der Waals surface area contributed by atoms with E-state index in [0.717, 1.165) is 17.6 Å². The van der Waals surface area contributed by atoms with Gasteiger partial charge >= 0.3 is 0 Å². The first-order chi connectivity index (χ1) is 9.72. The van der Waals surface area contributed by atoms with Crippen molar-refractivity contribution >= 4 is 17.0 Å². The molecule has 0 unspecified atom stereocenters. The van der Waals surface area contributed by atoms with Crippen LogP contribution < -0.4 is 15.2 Å². The van der Waals surface area contributed by atoms with Crippen LogP contribution in [0.1, 0.15) is 25.7 Å². The maximum absolute atomic E-state index is 6.08. The lowest BCUT2D eigenvalue weighted by molar-refractivity contribution is 0.355. The molecular weight excluding hydrogens is 254 g/mol. The number of nitrogens with zero attached hydrogens (tertiary/aromatic N) is 2. The number of hydrogen-bond acceptors (Lipinski definition) is 4. The molecule has 1 fully saturated rings. The number of ether oxygens (including phenoxy) is 2. The fourth-order valence-electron chi connectivity index (χ4n) is 3.11. The lowest BCUT2D eigenvalue weighted by Gasteiger charge is -2.13. The Hall–Kier alpha value is -1.91. The number of benzene rings is 1. The third-order valence-corrected chi connectivity index (χ3v) is 4.20. The van der Waals surface area contributed by atoms with Crippen molar-refractivity contribution < 1.29 is 9.47 Å². The predicted molar refractivity (Wildman–Crippen MR) is 79.2 cm³/mol. The monoisotopic (exact) mass is 275 g/mol. The second kappa shape index (κ2) is 5.23. The van der Waals surface area contributed by atoms with Gasteiger partial charge in [-0.2, -0.15) is 0 Å². The van der Waals surface area contributed by atoms with Crippen LogP contribution in [0.3, 0.4) is 0 Å². The summed E-state index contributed by atoms with van der Waals surface area (Å²) in [5.74, 6) is 2.68. The average Bonchev–Trinajstić information content (AvgIpc) is 3.06. The summed E-state index contributed by atoms with van der Waals surface area (Å²) < 4.78 is 12.8. The van der Waals surface area contributed by atoms with Gasteiger partial charge in [0, 0.05) is 18.7 Å². The summed E-state index contributed by atoms with van der Waals surface area (Å²) in [7, 11) is 3.27. The molecule has 0 spiro atoms. The molecule has 5 heteroatoms. The number of anilines is 1. The van der Waals surface area contributed by atoms with Crippen molar-refractivity contribution in [3.63, 3.8) is 0 Å². The summed E-state index contributed by atoms with van der Waals surface area (Å²) >= 11 is 0. The van der Waals surface area contributed by atoms with E-state index in [-0.39, 0.29) is 0 Å². The molecule has 1 saturated carbocycles. The standard InChI is InChI=1S/C15H21N3O2/c1-19-13-7-11-12(8-14(13)20-2)18(15(16)17-11)9-10-5-3-4-6-10/h7-8,10H,3-6,9H2,1-2H3,(H2,16,17). The number of hydrogen-bond donors (Lipinski definition) is 1. The SMILES string of the molecule is COc1cc2nc(N)n(CC3CCCC3)c2cc1OC. The zero-order chi connectivity index (χ0) is 14.1. The molecule has 0 atom stereocenters. The molecule has 1 heterocycles. The second-order valence-corrected chi connectivity index (χ2v) is 5.43. The van der Waals surface area contributed by atoms with Crippen molar-refractivity contribution in [2.24, 2.45) is 5.92 Å². The largest absolute Gasteiger partial charge is 0.493 e. The molecule has 5 nitrogen and oxygen atoms in total. The number of methoxy groups -OCH3 is 2. The first-order valence-electron chi connectivity index (χ1n) is 7.10. The molecule has 0 amide bonds. The van der Waals surface area contributed by atoms with E-state index < -0.39 is 0 Å². The average molecular weight is 275 g/mol. The Balaban J connectivity index is 2.04. The molecule has 1 aliphatic carbocycles. The molecule has 1 aliphatic rings. The van der Waals surface area contributed by atoms with Crippen molar-refractivity contribution in [2.75, 3.05) is 20.0 Å². The number of rotatable bonds is 4. The van der Waals surface area contributed by atoms with Crippen molar-refractivity contribution in [2.45, 2.75) is 32.2 Å². The van der Waals surface area contributed by atoms with Gasteiger partial charge in [0.25, 0.3) is 0 Å². The topological polar surface area (TPSA) is 62.3 Å². The molecule has 0 saturated heterocycles. The third-order valence-electron chi connectivity index (χ3n) is 4.20. The molecule has 3 rings (SSSR count). The van der Waals surface area contributed by atoms with Crippen LogP contribution in [0.5, 0.6) is 11.5 Å². The Morgan fingerprint density at radius 2 is 1.85 bits per heavy atom. The predicted octanol–water partition coefficient (Wildman–Crippen LogP) is 2.83. The van der Waals surface area contributed by atoms with Gasteiger partial charge < -0.3 is 19.8 Å². The number of fused-ring (bicyclic) bond motifs is 1. The Morgan fingerprint density at radius 1 is 1.20 bits per heavy atom.